The predicted octanol–water partition coefficient (Wildman–Crippen LogP) is 0.195. The van der Waals surface area contributed by atoms with E-state index < -0.39 is 0 Å². The van der Waals surface area contributed by atoms with Crippen molar-refractivity contribution in [3.8, 4) is 0 Å². The van der Waals surface area contributed by atoms with Gasteiger partial charge in [-0.15, -0.1) is 0 Å². The van der Waals surface area contributed by atoms with Crippen molar-refractivity contribution in [1.82, 2.24) is 10.2 Å². The number of nitrogens with zero attached hydrogens (tertiary/aromatic N) is 2. The van der Waals surface area contributed by atoms with Gasteiger partial charge in [0.05, 0.1) is 0 Å². The van der Waals surface area contributed by atoms with Gasteiger partial charge in [0.15, 0.2) is 0 Å². The summed E-state index contributed by atoms with van der Waals surface area (Å²) in [5.74, 6) is 1.13. The lowest BCUT2D eigenvalue weighted by atomic mass is 9.83. The van der Waals surface area contributed by atoms with Crippen LogP contribution in [-0.2, 0) is 0 Å². The molecule has 0 aliphatic carbocycles. The second kappa shape index (κ2) is 5.01. The maximum Gasteiger partial charge on any atom is 0.140 e. The summed E-state index contributed by atoms with van der Waals surface area (Å²) in [6, 6.07) is 0.866. The van der Waals surface area contributed by atoms with Crippen LogP contribution in [0.2, 0.25) is 0 Å². The number of amidine groups is 1. The largest absolute Gasteiger partial charge is 0.409 e. The molecule has 3 saturated heterocycles. The first kappa shape index (κ1) is 11.7. The SMILES string of the molecule is CC(CC(N)=NO)NC1CN2CCC1CC2. The van der Waals surface area contributed by atoms with Crippen LogP contribution in [0.4, 0.5) is 0 Å². The standard InChI is InChI=1S/C11H22N4O/c1-8(6-11(12)14-16)13-10-7-15-4-2-9(10)3-5-15/h8-10,13,16H,2-7H2,1H3,(H2,12,14). The van der Waals surface area contributed by atoms with Crippen molar-refractivity contribution in [2.75, 3.05) is 19.6 Å². The predicted molar refractivity (Wildman–Crippen MR) is 63.6 cm³/mol. The minimum Gasteiger partial charge on any atom is -0.409 e. The summed E-state index contributed by atoms with van der Waals surface area (Å²) in [7, 11) is 0. The average molecular weight is 226 g/mol. The Morgan fingerprint density at radius 3 is 2.75 bits per heavy atom. The third kappa shape index (κ3) is 2.65. The lowest BCUT2D eigenvalue weighted by molar-refractivity contribution is 0.0684. The molecule has 0 amide bonds. The maximum absolute atomic E-state index is 8.52. The Morgan fingerprint density at radius 2 is 2.25 bits per heavy atom. The van der Waals surface area contributed by atoms with E-state index in [-0.39, 0.29) is 6.04 Å². The van der Waals surface area contributed by atoms with E-state index in [9.17, 15) is 0 Å². The number of piperidine rings is 3. The smallest absolute Gasteiger partial charge is 0.140 e. The number of fused-ring (bicyclic) bond motifs is 3. The normalized spacial score (nSPS) is 36.3. The van der Waals surface area contributed by atoms with E-state index in [0.29, 0.717) is 18.3 Å². The Kier molecular flexibility index (Phi) is 3.66. The van der Waals surface area contributed by atoms with E-state index in [1.807, 2.05) is 0 Å². The number of hydrogen-bond acceptors (Lipinski definition) is 4. The van der Waals surface area contributed by atoms with Gasteiger partial charge in [0, 0.05) is 25.0 Å². The summed E-state index contributed by atoms with van der Waals surface area (Å²) >= 11 is 0. The lowest BCUT2D eigenvalue weighted by Gasteiger charge is -2.46. The molecule has 2 unspecified atom stereocenters. The van der Waals surface area contributed by atoms with Gasteiger partial charge in [-0.05, 0) is 38.8 Å². The van der Waals surface area contributed by atoms with Crippen LogP contribution in [-0.4, -0.2) is 47.7 Å². The average Bonchev–Trinajstić information content (AvgIpc) is 2.30. The minimum atomic E-state index is 0.279. The van der Waals surface area contributed by atoms with Crippen LogP contribution in [0, 0.1) is 5.92 Å². The van der Waals surface area contributed by atoms with Crippen molar-refractivity contribution >= 4 is 5.84 Å². The third-order valence-electron chi connectivity index (χ3n) is 3.80. The summed E-state index contributed by atoms with van der Waals surface area (Å²) in [4.78, 5) is 2.52. The number of oxime groups is 1. The molecule has 3 rings (SSSR count). The van der Waals surface area contributed by atoms with E-state index in [0.717, 1.165) is 12.5 Å². The Bertz CT molecular complexity index is 261. The third-order valence-corrected chi connectivity index (χ3v) is 3.80. The lowest BCUT2D eigenvalue weighted by Crippen LogP contribution is -2.57. The van der Waals surface area contributed by atoms with Crippen LogP contribution in [0.5, 0.6) is 0 Å². The quantitative estimate of drug-likeness (QED) is 0.277. The van der Waals surface area contributed by atoms with Crippen LogP contribution < -0.4 is 11.1 Å². The summed E-state index contributed by atoms with van der Waals surface area (Å²) in [5.41, 5.74) is 5.50. The molecule has 16 heavy (non-hydrogen) atoms. The molecular weight excluding hydrogens is 204 g/mol. The maximum atomic E-state index is 8.52. The number of rotatable bonds is 4. The van der Waals surface area contributed by atoms with Crippen molar-refractivity contribution in [3.05, 3.63) is 0 Å². The van der Waals surface area contributed by atoms with E-state index >= 15 is 0 Å². The van der Waals surface area contributed by atoms with Gasteiger partial charge in [-0.3, -0.25) is 0 Å². The van der Waals surface area contributed by atoms with E-state index in [4.69, 9.17) is 10.9 Å². The number of hydrogen-bond donors (Lipinski definition) is 3. The Balaban J connectivity index is 1.81. The summed E-state index contributed by atoms with van der Waals surface area (Å²) < 4.78 is 0. The molecule has 3 fully saturated rings. The molecule has 0 aromatic rings. The Hall–Kier alpha value is -0.810. The van der Waals surface area contributed by atoms with Crippen LogP contribution in [0.1, 0.15) is 26.2 Å². The van der Waals surface area contributed by atoms with Gasteiger partial charge in [-0.25, -0.2) is 0 Å². The molecule has 0 aromatic carbocycles. The molecule has 3 aliphatic rings. The molecule has 3 aliphatic heterocycles. The van der Waals surface area contributed by atoms with Crippen LogP contribution in [0.3, 0.4) is 0 Å². The second-order valence-electron chi connectivity index (χ2n) is 5.11. The van der Waals surface area contributed by atoms with E-state index in [1.54, 1.807) is 0 Å². The van der Waals surface area contributed by atoms with Crippen LogP contribution in [0.25, 0.3) is 0 Å². The van der Waals surface area contributed by atoms with Crippen LogP contribution >= 0.6 is 0 Å². The van der Waals surface area contributed by atoms with Crippen molar-refractivity contribution in [3.63, 3.8) is 0 Å². The van der Waals surface area contributed by atoms with Crippen LogP contribution in [0.15, 0.2) is 5.16 Å². The molecule has 3 heterocycles. The first-order valence-electron chi connectivity index (χ1n) is 6.14. The Morgan fingerprint density at radius 1 is 1.56 bits per heavy atom. The molecule has 0 saturated carbocycles. The number of nitrogens with one attached hydrogen (secondary N) is 1. The molecule has 0 spiro atoms. The summed E-state index contributed by atoms with van der Waals surface area (Å²) in [6.45, 7) is 5.77. The summed E-state index contributed by atoms with van der Waals surface area (Å²) in [5, 5.41) is 15.1. The highest BCUT2D eigenvalue weighted by Gasteiger charge is 2.34. The van der Waals surface area contributed by atoms with E-state index in [2.05, 4.69) is 22.3 Å². The number of nitrogens with two attached hydrogens (primary N) is 1. The molecule has 92 valence electrons. The fourth-order valence-electron chi connectivity index (χ4n) is 2.93. The molecule has 5 nitrogen and oxygen atoms in total. The molecular formula is C11H22N4O. The topological polar surface area (TPSA) is 73.9 Å². The zero-order chi connectivity index (χ0) is 11.5. The fourth-order valence-corrected chi connectivity index (χ4v) is 2.93. The van der Waals surface area contributed by atoms with Crippen molar-refractivity contribution < 1.29 is 5.21 Å². The molecule has 2 atom stereocenters. The monoisotopic (exact) mass is 226 g/mol. The first-order valence-corrected chi connectivity index (χ1v) is 6.14. The van der Waals surface area contributed by atoms with Crippen molar-refractivity contribution in [1.29, 1.82) is 0 Å². The highest BCUT2D eigenvalue weighted by molar-refractivity contribution is 5.80. The molecule has 0 radical (unpaired) electrons. The zero-order valence-corrected chi connectivity index (χ0v) is 9.89. The van der Waals surface area contributed by atoms with E-state index in [1.165, 1.54) is 25.9 Å². The first-order chi connectivity index (χ1) is 7.69. The zero-order valence-electron chi connectivity index (χ0n) is 9.89. The molecule has 0 aromatic heterocycles. The van der Waals surface area contributed by atoms with Crippen molar-refractivity contribution in [2.45, 2.75) is 38.3 Å². The highest BCUT2D eigenvalue weighted by atomic mass is 16.4. The summed E-state index contributed by atoms with van der Waals surface area (Å²) in [6.07, 6.45) is 3.24. The molecule has 4 N–H and O–H groups in total. The van der Waals surface area contributed by atoms with Gasteiger partial charge in [-0.1, -0.05) is 5.16 Å². The molecule has 2 bridgehead atoms. The van der Waals surface area contributed by atoms with Gasteiger partial charge >= 0.3 is 0 Å². The fraction of sp³-hybridized carbons (Fsp3) is 0.909. The van der Waals surface area contributed by atoms with Gasteiger partial charge < -0.3 is 21.2 Å². The molecule has 5 heteroatoms. The Labute approximate surface area is 96.7 Å². The second-order valence-corrected chi connectivity index (χ2v) is 5.11. The van der Waals surface area contributed by atoms with Gasteiger partial charge in [0.2, 0.25) is 0 Å². The van der Waals surface area contributed by atoms with Gasteiger partial charge in [0.25, 0.3) is 0 Å². The van der Waals surface area contributed by atoms with Gasteiger partial charge in [0.1, 0.15) is 5.84 Å². The van der Waals surface area contributed by atoms with Gasteiger partial charge in [-0.2, -0.15) is 0 Å². The minimum absolute atomic E-state index is 0.279. The van der Waals surface area contributed by atoms with Crippen molar-refractivity contribution in [2.24, 2.45) is 16.8 Å². The highest BCUT2D eigenvalue weighted by Crippen LogP contribution is 2.27.